The maximum absolute atomic E-state index is 12.9. The third-order valence-electron chi connectivity index (χ3n) is 7.96. The fourth-order valence-electron chi connectivity index (χ4n) is 6.53. The quantitative estimate of drug-likeness (QED) is 0.565. The molecule has 4 amide bonds. The maximum atomic E-state index is 12.9. The normalized spacial score (nSPS) is 37.8. The fraction of sp³-hybridized carbons (Fsp3) is 0.462. The predicted molar refractivity (Wildman–Crippen MR) is 118 cm³/mol. The van der Waals surface area contributed by atoms with Crippen molar-refractivity contribution in [2.45, 2.75) is 39.5 Å². The van der Waals surface area contributed by atoms with Crippen LogP contribution >= 0.6 is 0 Å². The van der Waals surface area contributed by atoms with Crippen molar-refractivity contribution in [3.05, 3.63) is 59.7 Å². The SMILES string of the molecule is CC1CC=CC2(Cc3cccc(CC45C=CCC(C)C4C(=O)NC5=O)c3)C(=O)NC(=O)C12. The van der Waals surface area contributed by atoms with E-state index < -0.39 is 10.8 Å². The first-order valence-corrected chi connectivity index (χ1v) is 11.4. The van der Waals surface area contributed by atoms with Gasteiger partial charge >= 0.3 is 0 Å². The van der Waals surface area contributed by atoms with E-state index in [2.05, 4.69) is 10.6 Å². The zero-order chi connectivity index (χ0) is 22.7. The van der Waals surface area contributed by atoms with E-state index in [1.807, 2.05) is 62.4 Å². The molecule has 2 saturated heterocycles. The summed E-state index contributed by atoms with van der Waals surface area (Å²) >= 11 is 0. The third kappa shape index (κ3) is 2.92. The van der Waals surface area contributed by atoms with Crippen molar-refractivity contribution in [1.82, 2.24) is 10.6 Å². The Hall–Kier alpha value is -3.02. The van der Waals surface area contributed by atoms with Crippen LogP contribution in [0, 0.1) is 34.5 Å². The van der Waals surface area contributed by atoms with Gasteiger partial charge in [-0.3, -0.25) is 29.8 Å². The van der Waals surface area contributed by atoms with Crippen molar-refractivity contribution >= 4 is 23.6 Å². The first-order valence-electron chi connectivity index (χ1n) is 11.4. The minimum Gasteiger partial charge on any atom is -0.295 e. The summed E-state index contributed by atoms with van der Waals surface area (Å²) in [7, 11) is 0. The highest BCUT2D eigenvalue weighted by Crippen LogP contribution is 2.48. The molecule has 166 valence electrons. The lowest BCUT2D eigenvalue weighted by molar-refractivity contribution is -0.128. The Morgan fingerprint density at radius 1 is 0.781 bits per heavy atom. The van der Waals surface area contributed by atoms with E-state index in [0.717, 1.165) is 24.0 Å². The zero-order valence-corrected chi connectivity index (χ0v) is 18.4. The van der Waals surface area contributed by atoms with Crippen LogP contribution < -0.4 is 10.6 Å². The maximum Gasteiger partial charge on any atom is 0.237 e. The smallest absolute Gasteiger partial charge is 0.237 e. The van der Waals surface area contributed by atoms with Gasteiger partial charge in [0.05, 0.1) is 22.7 Å². The summed E-state index contributed by atoms with van der Waals surface area (Å²) in [5.74, 6) is -1.39. The van der Waals surface area contributed by atoms with Crippen LogP contribution in [0.4, 0.5) is 0 Å². The Morgan fingerprint density at radius 3 is 1.66 bits per heavy atom. The lowest BCUT2D eigenvalue weighted by Crippen LogP contribution is -2.41. The van der Waals surface area contributed by atoms with Crippen LogP contribution in [0.2, 0.25) is 0 Å². The highest BCUT2D eigenvalue weighted by Gasteiger charge is 2.57. The molecule has 0 spiro atoms. The highest BCUT2D eigenvalue weighted by atomic mass is 16.2. The van der Waals surface area contributed by atoms with Gasteiger partial charge in [0.2, 0.25) is 23.6 Å². The second kappa shape index (κ2) is 7.26. The molecule has 1 aromatic carbocycles. The average molecular weight is 433 g/mol. The number of carbonyl (C=O) groups is 4. The Balaban J connectivity index is 1.47. The molecule has 4 aliphatic rings. The number of carbonyl (C=O) groups excluding carboxylic acids is 4. The van der Waals surface area contributed by atoms with E-state index in [-0.39, 0.29) is 47.3 Å². The number of imide groups is 2. The highest BCUT2D eigenvalue weighted by molar-refractivity contribution is 6.09. The molecule has 1 aromatic rings. The van der Waals surface area contributed by atoms with Gasteiger partial charge in [-0.25, -0.2) is 0 Å². The summed E-state index contributed by atoms with van der Waals surface area (Å²) in [5.41, 5.74) is 0.158. The van der Waals surface area contributed by atoms with Gasteiger partial charge in [-0.2, -0.15) is 0 Å². The third-order valence-corrected chi connectivity index (χ3v) is 7.96. The molecule has 6 atom stereocenters. The van der Waals surface area contributed by atoms with Crippen molar-refractivity contribution < 1.29 is 19.2 Å². The molecule has 2 aliphatic heterocycles. The lowest BCUT2D eigenvalue weighted by atomic mass is 9.63. The van der Waals surface area contributed by atoms with Crippen LogP contribution in [0.3, 0.4) is 0 Å². The number of benzene rings is 1. The predicted octanol–water partition coefficient (Wildman–Crippen LogP) is 2.48. The number of hydrogen-bond acceptors (Lipinski definition) is 4. The number of fused-ring (bicyclic) bond motifs is 2. The van der Waals surface area contributed by atoms with E-state index in [4.69, 9.17) is 0 Å². The molecular formula is C26H28N2O4. The summed E-state index contributed by atoms with van der Waals surface area (Å²) in [4.78, 5) is 50.8. The number of amides is 4. The Morgan fingerprint density at radius 2 is 1.22 bits per heavy atom. The molecule has 6 heteroatoms. The van der Waals surface area contributed by atoms with Gasteiger partial charge in [0, 0.05) is 0 Å². The van der Waals surface area contributed by atoms with Gasteiger partial charge in [-0.1, -0.05) is 62.4 Å². The Bertz CT molecular complexity index is 1010. The second-order valence-corrected chi connectivity index (χ2v) is 10.1. The van der Waals surface area contributed by atoms with Gasteiger partial charge in [0.15, 0.2) is 0 Å². The average Bonchev–Trinajstić information content (AvgIpc) is 3.13. The molecule has 2 heterocycles. The van der Waals surface area contributed by atoms with Crippen LogP contribution in [-0.4, -0.2) is 23.6 Å². The van der Waals surface area contributed by atoms with E-state index in [1.165, 1.54) is 0 Å². The van der Waals surface area contributed by atoms with E-state index in [9.17, 15) is 19.2 Å². The van der Waals surface area contributed by atoms with Crippen molar-refractivity contribution in [3.8, 4) is 0 Å². The second-order valence-electron chi connectivity index (χ2n) is 10.1. The topological polar surface area (TPSA) is 92.3 Å². The van der Waals surface area contributed by atoms with Gasteiger partial charge in [0.25, 0.3) is 0 Å². The fourth-order valence-corrected chi connectivity index (χ4v) is 6.53. The van der Waals surface area contributed by atoms with Crippen LogP contribution in [0.25, 0.3) is 0 Å². The van der Waals surface area contributed by atoms with E-state index >= 15 is 0 Å². The zero-order valence-electron chi connectivity index (χ0n) is 18.4. The van der Waals surface area contributed by atoms with Gasteiger partial charge in [0.1, 0.15) is 0 Å². The molecule has 6 unspecified atom stereocenters. The largest absolute Gasteiger partial charge is 0.295 e. The number of rotatable bonds is 4. The number of hydrogen-bond donors (Lipinski definition) is 2. The van der Waals surface area contributed by atoms with Crippen molar-refractivity contribution in [2.24, 2.45) is 34.5 Å². The van der Waals surface area contributed by atoms with Crippen molar-refractivity contribution in [3.63, 3.8) is 0 Å². The standard InChI is InChI=1S/C26H28N2O4/c1-15-6-4-10-25(19(15)21(29)27-23(25)31)13-17-8-3-9-18(12-17)14-26-11-5-7-16(2)20(26)22(30)28-24(26)32/h3-5,8-12,15-16,19-20H,6-7,13-14H2,1-2H3,(H,27,29,31)(H,28,30,32). The first-order chi connectivity index (χ1) is 15.3. The minimum atomic E-state index is -0.867. The molecule has 0 radical (unpaired) electrons. The molecule has 0 bridgehead atoms. The molecule has 0 aromatic heterocycles. The Kier molecular flexibility index (Phi) is 4.73. The molecule has 2 aliphatic carbocycles. The van der Waals surface area contributed by atoms with Crippen molar-refractivity contribution in [1.29, 1.82) is 0 Å². The van der Waals surface area contributed by atoms with Crippen LogP contribution in [0.5, 0.6) is 0 Å². The van der Waals surface area contributed by atoms with Crippen LogP contribution in [-0.2, 0) is 32.0 Å². The Labute approximate surface area is 187 Å². The summed E-state index contributed by atoms with van der Waals surface area (Å²) in [6.45, 7) is 4.03. The number of allylic oxidation sites excluding steroid dienone is 2. The van der Waals surface area contributed by atoms with E-state index in [0.29, 0.717) is 12.8 Å². The molecule has 2 N–H and O–H groups in total. The van der Waals surface area contributed by atoms with Crippen LogP contribution in [0.15, 0.2) is 48.6 Å². The monoisotopic (exact) mass is 432 g/mol. The summed E-state index contributed by atoms with van der Waals surface area (Å²) in [5, 5.41) is 5.09. The minimum absolute atomic E-state index is 0.0938. The van der Waals surface area contributed by atoms with Crippen LogP contribution in [0.1, 0.15) is 37.8 Å². The van der Waals surface area contributed by atoms with Gasteiger partial charge in [-0.15, -0.1) is 0 Å². The van der Waals surface area contributed by atoms with Gasteiger partial charge < -0.3 is 0 Å². The lowest BCUT2D eigenvalue weighted by Gasteiger charge is -2.36. The van der Waals surface area contributed by atoms with E-state index in [1.54, 1.807) is 0 Å². The molecule has 2 fully saturated rings. The molecule has 6 nitrogen and oxygen atoms in total. The molecule has 5 rings (SSSR count). The summed E-state index contributed by atoms with van der Waals surface area (Å²) in [6.07, 6.45) is 10.3. The summed E-state index contributed by atoms with van der Waals surface area (Å²) < 4.78 is 0. The molecule has 32 heavy (non-hydrogen) atoms. The molecule has 0 saturated carbocycles. The summed E-state index contributed by atoms with van der Waals surface area (Å²) in [6, 6.07) is 7.88. The first kappa shape index (κ1) is 20.9. The molecular weight excluding hydrogens is 404 g/mol. The number of nitrogens with one attached hydrogen (secondary N) is 2. The van der Waals surface area contributed by atoms with Gasteiger partial charge in [-0.05, 0) is 48.6 Å². The van der Waals surface area contributed by atoms with Crippen molar-refractivity contribution in [2.75, 3.05) is 0 Å².